The molecular weight excluding hydrogens is 366 g/mol. The van der Waals surface area contributed by atoms with Gasteiger partial charge in [0.1, 0.15) is 18.1 Å². The molecule has 0 aliphatic rings. The van der Waals surface area contributed by atoms with Gasteiger partial charge in [0.2, 0.25) is 0 Å². The third-order valence-corrected chi connectivity index (χ3v) is 4.49. The highest BCUT2D eigenvalue weighted by atomic mass is 16.5. The highest BCUT2D eigenvalue weighted by Gasteiger charge is 2.11. The maximum atomic E-state index is 13.0. The largest absolute Gasteiger partial charge is 0.508 e. The zero-order valence-corrected chi connectivity index (χ0v) is 15.8. The van der Waals surface area contributed by atoms with E-state index in [9.17, 15) is 9.90 Å². The summed E-state index contributed by atoms with van der Waals surface area (Å²) in [6.45, 7) is 2.05. The molecule has 0 saturated heterocycles. The van der Waals surface area contributed by atoms with Crippen LogP contribution in [0.4, 0.5) is 0 Å². The predicted molar refractivity (Wildman–Crippen MR) is 113 cm³/mol. The fourth-order valence-electron chi connectivity index (χ4n) is 2.93. The maximum Gasteiger partial charge on any atom is 0.282 e. The smallest absolute Gasteiger partial charge is 0.282 e. The summed E-state index contributed by atoms with van der Waals surface area (Å²) in [6, 6.07) is 21.4. The van der Waals surface area contributed by atoms with Crippen LogP contribution in [-0.4, -0.2) is 21.0 Å². The Morgan fingerprint density at radius 2 is 1.76 bits per heavy atom. The lowest BCUT2D eigenvalue weighted by Gasteiger charge is -2.12. The monoisotopic (exact) mass is 385 g/mol. The standard InChI is InChI=1S/C23H19N3O3/c1-16-6-2-5-9-21(16)29-15-22-25-20-8-4-3-7-19(20)23(28)26(22)24-14-17-10-12-18(27)13-11-17/h2-14,27H,15H2,1H3. The lowest BCUT2D eigenvalue weighted by atomic mass is 10.2. The van der Waals surface area contributed by atoms with Crippen LogP contribution in [0.3, 0.4) is 0 Å². The van der Waals surface area contributed by atoms with E-state index in [2.05, 4.69) is 10.1 Å². The minimum Gasteiger partial charge on any atom is -0.508 e. The third kappa shape index (κ3) is 4.01. The summed E-state index contributed by atoms with van der Waals surface area (Å²) in [7, 11) is 0. The number of hydrogen-bond donors (Lipinski definition) is 1. The Morgan fingerprint density at radius 1 is 1.03 bits per heavy atom. The molecule has 3 aromatic carbocycles. The summed E-state index contributed by atoms with van der Waals surface area (Å²) in [5, 5.41) is 14.2. The molecule has 4 rings (SSSR count). The van der Waals surface area contributed by atoms with Gasteiger partial charge in [-0.25, -0.2) is 4.98 Å². The summed E-state index contributed by atoms with van der Waals surface area (Å²) in [5.41, 5.74) is 2.06. The summed E-state index contributed by atoms with van der Waals surface area (Å²) in [6.07, 6.45) is 1.55. The summed E-state index contributed by atoms with van der Waals surface area (Å²) in [4.78, 5) is 17.6. The Bertz CT molecular complexity index is 1240. The molecule has 0 spiro atoms. The van der Waals surface area contributed by atoms with Crippen LogP contribution in [0.15, 0.2) is 82.7 Å². The maximum absolute atomic E-state index is 13.0. The van der Waals surface area contributed by atoms with Gasteiger partial charge < -0.3 is 9.84 Å². The van der Waals surface area contributed by atoms with E-state index in [1.807, 2.05) is 37.3 Å². The van der Waals surface area contributed by atoms with Crippen molar-refractivity contribution in [2.24, 2.45) is 5.10 Å². The van der Waals surface area contributed by atoms with Crippen molar-refractivity contribution in [3.05, 3.63) is 100 Å². The number of fused-ring (bicyclic) bond motifs is 1. The first-order chi connectivity index (χ1) is 14.1. The second-order valence-corrected chi connectivity index (χ2v) is 6.55. The second kappa shape index (κ2) is 7.98. The topological polar surface area (TPSA) is 76.7 Å². The van der Waals surface area contributed by atoms with Gasteiger partial charge in [0.15, 0.2) is 5.82 Å². The van der Waals surface area contributed by atoms with Crippen LogP contribution in [0.1, 0.15) is 17.0 Å². The number of phenols is 1. The van der Waals surface area contributed by atoms with Crippen LogP contribution < -0.4 is 10.3 Å². The number of aromatic hydroxyl groups is 1. The van der Waals surface area contributed by atoms with Crippen molar-refractivity contribution in [1.82, 2.24) is 9.66 Å². The van der Waals surface area contributed by atoms with Crippen molar-refractivity contribution in [3.8, 4) is 11.5 Å². The van der Waals surface area contributed by atoms with Crippen molar-refractivity contribution in [1.29, 1.82) is 0 Å². The number of ether oxygens (including phenoxy) is 1. The fourth-order valence-corrected chi connectivity index (χ4v) is 2.93. The summed E-state index contributed by atoms with van der Waals surface area (Å²) < 4.78 is 7.16. The van der Waals surface area contributed by atoms with Crippen LogP contribution in [0, 0.1) is 6.92 Å². The molecule has 1 N–H and O–H groups in total. The minimum absolute atomic E-state index is 0.0951. The van der Waals surface area contributed by atoms with E-state index < -0.39 is 0 Å². The first-order valence-corrected chi connectivity index (χ1v) is 9.14. The lowest BCUT2D eigenvalue weighted by molar-refractivity contribution is 0.287. The third-order valence-electron chi connectivity index (χ3n) is 4.49. The molecule has 144 valence electrons. The summed E-state index contributed by atoms with van der Waals surface area (Å²) >= 11 is 0. The average Bonchev–Trinajstić information content (AvgIpc) is 2.74. The number of benzene rings is 3. The molecule has 1 heterocycles. The van der Waals surface area contributed by atoms with Crippen LogP contribution in [-0.2, 0) is 6.61 Å². The average molecular weight is 385 g/mol. The van der Waals surface area contributed by atoms with Gasteiger partial charge >= 0.3 is 0 Å². The molecule has 0 aliphatic heterocycles. The van der Waals surface area contributed by atoms with Gasteiger partial charge in [0.05, 0.1) is 17.1 Å². The number of hydrogen-bond acceptors (Lipinski definition) is 5. The van der Waals surface area contributed by atoms with E-state index in [1.165, 1.54) is 4.68 Å². The number of aryl methyl sites for hydroxylation is 1. The molecule has 0 fully saturated rings. The van der Waals surface area contributed by atoms with Crippen LogP contribution in [0.5, 0.6) is 11.5 Å². The van der Waals surface area contributed by atoms with Gasteiger partial charge in [-0.1, -0.05) is 30.3 Å². The molecule has 4 aromatic rings. The van der Waals surface area contributed by atoms with Gasteiger partial charge in [-0.3, -0.25) is 4.79 Å². The Kier molecular flexibility index (Phi) is 5.07. The molecule has 1 aromatic heterocycles. The molecule has 0 bridgehead atoms. The quantitative estimate of drug-likeness (QED) is 0.529. The number of phenolic OH excluding ortho intramolecular Hbond substituents is 1. The highest BCUT2D eigenvalue weighted by molar-refractivity contribution is 5.80. The van der Waals surface area contributed by atoms with Gasteiger partial charge in [-0.15, -0.1) is 0 Å². The van der Waals surface area contributed by atoms with E-state index in [-0.39, 0.29) is 17.9 Å². The number of rotatable bonds is 5. The van der Waals surface area contributed by atoms with Crippen molar-refractivity contribution in [2.45, 2.75) is 13.5 Å². The Labute approximate surface area is 167 Å². The van der Waals surface area contributed by atoms with E-state index in [0.29, 0.717) is 16.7 Å². The molecular formula is C23H19N3O3. The highest BCUT2D eigenvalue weighted by Crippen LogP contribution is 2.18. The zero-order valence-electron chi connectivity index (χ0n) is 15.8. The zero-order chi connectivity index (χ0) is 20.2. The van der Waals surface area contributed by atoms with Gasteiger partial charge in [0, 0.05) is 0 Å². The molecule has 0 aliphatic carbocycles. The molecule has 29 heavy (non-hydrogen) atoms. The van der Waals surface area contributed by atoms with Crippen molar-refractivity contribution >= 4 is 17.1 Å². The SMILES string of the molecule is Cc1ccccc1OCc1nc2ccccc2c(=O)n1N=Cc1ccc(O)cc1. The minimum atomic E-state index is -0.269. The van der Waals surface area contributed by atoms with Crippen LogP contribution in [0.25, 0.3) is 10.9 Å². The number of aromatic nitrogens is 2. The van der Waals surface area contributed by atoms with E-state index in [4.69, 9.17) is 4.74 Å². The van der Waals surface area contributed by atoms with Gasteiger partial charge in [0.25, 0.3) is 5.56 Å². The second-order valence-electron chi connectivity index (χ2n) is 6.55. The first-order valence-electron chi connectivity index (χ1n) is 9.14. The van der Waals surface area contributed by atoms with Gasteiger partial charge in [-0.05, 0) is 60.5 Å². The molecule has 6 heteroatoms. The number of nitrogens with zero attached hydrogens (tertiary/aromatic N) is 3. The number of para-hydroxylation sites is 2. The normalized spacial score (nSPS) is 11.2. The molecule has 0 radical (unpaired) electrons. The Morgan fingerprint density at radius 3 is 2.55 bits per heavy atom. The molecule has 0 saturated carbocycles. The van der Waals surface area contributed by atoms with Gasteiger partial charge in [-0.2, -0.15) is 9.78 Å². The van der Waals surface area contributed by atoms with Crippen molar-refractivity contribution < 1.29 is 9.84 Å². The lowest BCUT2D eigenvalue weighted by Crippen LogP contribution is -2.23. The summed E-state index contributed by atoms with van der Waals surface area (Å²) in [5.74, 6) is 1.29. The fraction of sp³-hybridized carbons (Fsp3) is 0.0870. The van der Waals surface area contributed by atoms with Crippen LogP contribution in [0.2, 0.25) is 0 Å². The Balaban J connectivity index is 1.75. The van der Waals surface area contributed by atoms with E-state index in [0.717, 1.165) is 16.9 Å². The predicted octanol–water partition coefficient (Wildman–Crippen LogP) is 3.87. The molecule has 0 unspecified atom stereocenters. The van der Waals surface area contributed by atoms with Crippen molar-refractivity contribution in [3.63, 3.8) is 0 Å². The first kappa shape index (κ1) is 18.4. The molecule has 6 nitrogen and oxygen atoms in total. The molecule has 0 amide bonds. The Hall–Kier alpha value is -3.93. The van der Waals surface area contributed by atoms with Crippen LogP contribution >= 0.6 is 0 Å². The van der Waals surface area contributed by atoms with Crippen molar-refractivity contribution in [2.75, 3.05) is 0 Å². The van der Waals surface area contributed by atoms with E-state index >= 15 is 0 Å². The molecule has 0 atom stereocenters. The van der Waals surface area contributed by atoms with E-state index in [1.54, 1.807) is 48.7 Å².